The molecule has 0 amide bonds. The van der Waals surface area contributed by atoms with Gasteiger partial charge in [0.1, 0.15) is 0 Å². The van der Waals surface area contributed by atoms with E-state index in [2.05, 4.69) is 32.9 Å². The zero-order valence-corrected chi connectivity index (χ0v) is 11.4. The van der Waals surface area contributed by atoms with E-state index in [0.717, 1.165) is 24.7 Å². The van der Waals surface area contributed by atoms with Crippen LogP contribution >= 0.6 is 0 Å². The van der Waals surface area contributed by atoms with Crippen LogP contribution in [0.3, 0.4) is 0 Å². The van der Waals surface area contributed by atoms with Crippen LogP contribution in [0.5, 0.6) is 0 Å². The molecular weight excluding hydrogens is 196 g/mol. The maximum absolute atomic E-state index is 10.2. The van der Waals surface area contributed by atoms with E-state index < -0.39 is 5.60 Å². The van der Waals surface area contributed by atoms with Gasteiger partial charge in [-0.05, 0) is 56.8 Å². The molecule has 0 aliphatic heterocycles. The number of rotatable bonds is 1. The van der Waals surface area contributed by atoms with Crippen LogP contribution in [-0.4, -0.2) is 10.7 Å². The van der Waals surface area contributed by atoms with Crippen molar-refractivity contribution < 1.29 is 5.11 Å². The fourth-order valence-electron chi connectivity index (χ4n) is 2.54. The number of hydrogen-bond donors (Lipinski definition) is 1. The molecule has 0 saturated heterocycles. The van der Waals surface area contributed by atoms with E-state index in [1.54, 1.807) is 0 Å². The lowest BCUT2D eigenvalue weighted by Gasteiger charge is -2.28. The van der Waals surface area contributed by atoms with Gasteiger partial charge in [0.15, 0.2) is 0 Å². The van der Waals surface area contributed by atoms with E-state index in [4.69, 9.17) is 0 Å². The first-order chi connectivity index (χ1) is 7.41. The minimum atomic E-state index is -0.499. The smallest absolute Gasteiger partial charge is 0.0654 e. The summed E-state index contributed by atoms with van der Waals surface area (Å²) in [6, 6.07) is 0. The van der Waals surface area contributed by atoms with Crippen molar-refractivity contribution in [2.45, 2.75) is 65.4 Å². The van der Waals surface area contributed by atoms with E-state index in [1.807, 2.05) is 6.92 Å². The predicted octanol–water partition coefficient (Wildman–Crippen LogP) is 4.17. The molecule has 0 heterocycles. The van der Waals surface area contributed by atoms with Crippen LogP contribution in [0.2, 0.25) is 0 Å². The summed E-state index contributed by atoms with van der Waals surface area (Å²) in [6.07, 6.45) is 9.96. The van der Waals surface area contributed by atoms with Gasteiger partial charge < -0.3 is 5.11 Å². The molecule has 0 bridgehead atoms. The fraction of sp³-hybridized carbons (Fsp3) is 0.867. The Morgan fingerprint density at radius 2 is 1.94 bits per heavy atom. The summed E-state index contributed by atoms with van der Waals surface area (Å²) in [5.74, 6) is 2.18. The fourth-order valence-corrected chi connectivity index (χ4v) is 2.54. The van der Waals surface area contributed by atoms with Crippen molar-refractivity contribution >= 4 is 0 Å². The summed E-state index contributed by atoms with van der Waals surface area (Å²) >= 11 is 0. The van der Waals surface area contributed by atoms with Crippen molar-refractivity contribution in [3.05, 3.63) is 12.2 Å². The molecule has 0 radical (unpaired) electrons. The third kappa shape index (κ3) is 4.69. The first kappa shape index (κ1) is 13.8. The second kappa shape index (κ2) is 5.86. The molecule has 94 valence electrons. The molecular formula is C15H28O. The lowest BCUT2D eigenvalue weighted by molar-refractivity contribution is 0.0430. The molecule has 0 aromatic heterocycles. The molecule has 0 spiro atoms. The summed E-state index contributed by atoms with van der Waals surface area (Å²) in [7, 11) is 0. The second-order valence-electron chi connectivity index (χ2n) is 6.23. The molecule has 3 atom stereocenters. The van der Waals surface area contributed by atoms with E-state index >= 15 is 0 Å². The Morgan fingerprint density at radius 1 is 1.25 bits per heavy atom. The summed E-state index contributed by atoms with van der Waals surface area (Å²) in [6.45, 7) is 8.88. The van der Waals surface area contributed by atoms with Crippen LogP contribution in [0.15, 0.2) is 12.2 Å². The van der Waals surface area contributed by atoms with Gasteiger partial charge in [-0.2, -0.15) is 0 Å². The summed E-state index contributed by atoms with van der Waals surface area (Å²) in [4.78, 5) is 0. The maximum Gasteiger partial charge on any atom is 0.0654 e. The van der Waals surface area contributed by atoms with E-state index in [0.29, 0.717) is 5.92 Å². The minimum Gasteiger partial charge on any atom is -0.390 e. The maximum atomic E-state index is 10.2. The number of hydrogen-bond acceptors (Lipinski definition) is 1. The van der Waals surface area contributed by atoms with Crippen LogP contribution in [0.25, 0.3) is 0 Å². The molecule has 0 fully saturated rings. The Hall–Kier alpha value is -0.300. The molecule has 1 nitrogen and oxygen atoms in total. The first-order valence-corrected chi connectivity index (χ1v) is 6.80. The van der Waals surface area contributed by atoms with Gasteiger partial charge in [0, 0.05) is 0 Å². The van der Waals surface area contributed by atoms with Crippen LogP contribution in [0.4, 0.5) is 0 Å². The normalized spacial score (nSPS) is 37.6. The van der Waals surface area contributed by atoms with Gasteiger partial charge in [-0.15, -0.1) is 0 Å². The third-order valence-electron chi connectivity index (χ3n) is 4.01. The average molecular weight is 224 g/mol. The highest BCUT2D eigenvalue weighted by atomic mass is 16.3. The molecule has 0 unspecified atom stereocenters. The average Bonchev–Trinajstić information content (AvgIpc) is 2.16. The van der Waals surface area contributed by atoms with E-state index in [9.17, 15) is 5.11 Å². The molecule has 1 N–H and O–H groups in total. The van der Waals surface area contributed by atoms with Gasteiger partial charge in [0.2, 0.25) is 0 Å². The Labute approximate surface area is 101 Å². The lowest BCUT2D eigenvalue weighted by atomic mass is 9.80. The van der Waals surface area contributed by atoms with Crippen LogP contribution < -0.4 is 0 Å². The van der Waals surface area contributed by atoms with Gasteiger partial charge in [0.25, 0.3) is 0 Å². The lowest BCUT2D eigenvalue weighted by Crippen LogP contribution is -2.26. The molecule has 1 aliphatic rings. The van der Waals surface area contributed by atoms with Crippen molar-refractivity contribution in [3.8, 4) is 0 Å². The van der Waals surface area contributed by atoms with Crippen molar-refractivity contribution in [2.24, 2.45) is 17.8 Å². The van der Waals surface area contributed by atoms with Crippen LogP contribution in [0, 0.1) is 17.8 Å². The van der Waals surface area contributed by atoms with Gasteiger partial charge in [-0.3, -0.25) is 0 Å². The molecule has 16 heavy (non-hydrogen) atoms. The predicted molar refractivity (Wildman–Crippen MR) is 70.3 cm³/mol. The van der Waals surface area contributed by atoms with Gasteiger partial charge in [-0.1, -0.05) is 32.9 Å². The standard InChI is InChI=1S/C15H28O/c1-12(2)14-8-7-13(3)6-5-10-15(4,16)11-9-14/h5-6,12-14,16H,7-11H2,1-4H3/t13-,14+,15+/m0/s1. The molecule has 0 aromatic rings. The zero-order valence-electron chi connectivity index (χ0n) is 11.4. The SMILES string of the molecule is CC(C)[C@@H]1CC[C@@H](C)C=CC[C@@](C)(O)CC1. The van der Waals surface area contributed by atoms with Crippen molar-refractivity contribution in [1.29, 1.82) is 0 Å². The Balaban J connectivity index is 2.66. The highest BCUT2D eigenvalue weighted by Gasteiger charge is 2.23. The van der Waals surface area contributed by atoms with E-state index in [1.165, 1.54) is 19.3 Å². The van der Waals surface area contributed by atoms with Crippen LogP contribution in [0.1, 0.15) is 59.8 Å². The molecule has 1 rings (SSSR count). The van der Waals surface area contributed by atoms with Crippen molar-refractivity contribution in [1.82, 2.24) is 0 Å². The first-order valence-electron chi connectivity index (χ1n) is 6.80. The number of aliphatic hydroxyl groups is 1. The number of allylic oxidation sites excluding steroid dienone is 1. The highest BCUT2D eigenvalue weighted by Crippen LogP contribution is 2.30. The quantitative estimate of drug-likeness (QED) is 0.663. The monoisotopic (exact) mass is 224 g/mol. The van der Waals surface area contributed by atoms with Crippen molar-refractivity contribution in [2.75, 3.05) is 0 Å². The molecule has 1 aliphatic carbocycles. The third-order valence-corrected chi connectivity index (χ3v) is 4.01. The van der Waals surface area contributed by atoms with Crippen molar-refractivity contribution in [3.63, 3.8) is 0 Å². The van der Waals surface area contributed by atoms with Crippen LogP contribution in [-0.2, 0) is 0 Å². The van der Waals surface area contributed by atoms with E-state index in [-0.39, 0.29) is 0 Å². The van der Waals surface area contributed by atoms with Gasteiger partial charge >= 0.3 is 0 Å². The zero-order chi connectivity index (χ0) is 12.2. The Bertz CT molecular complexity index is 228. The Morgan fingerprint density at radius 3 is 2.56 bits per heavy atom. The van der Waals surface area contributed by atoms with Gasteiger partial charge in [0.05, 0.1) is 5.60 Å². The van der Waals surface area contributed by atoms with Gasteiger partial charge in [-0.25, -0.2) is 0 Å². The summed E-state index contributed by atoms with van der Waals surface area (Å²) in [5.41, 5.74) is -0.499. The topological polar surface area (TPSA) is 20.2 Å². The molecule has 0 aromatic carbocycles. The molecule has 1 heteroatoms. The Kier molecular flexibility index (Phi) is 5.04. The summed E-state index contributed by atoms with van der Waals surface area (Å²) < 4.78 is 0. The largest absolute Gasteiger partial charge is 0.390 e. The summed E-state index contributed by atoms with van der Waals surface area (Å²) in [5, 5.41) is 10.2. The molecule has 0 saturated carbocycles. The minimum absolute atomic E-state index is 0.499. The highest BCUT2D eigenvalue weighted by molar-refractivity contribution is 4.93. The second-order valence-corrected chi connectivity index (χ2v) is 6.23.